The molecule has 18 heavy (non-hydrogen) atoms. The number of halogens is 1. The Morgan fingerprint density at radius 2 is 2.00 bits per heavy atom. The molecule has 1 unspecified atom stereocenters. The summed E-state index contributed by atoms with van der Waals surface area (Å²) in [6.07, 6.45) is 1.78. The molecule has 0 N–H and O–H groups in total. The summed E-state index contributed by atoms with van der Waals surface area (Å²) in [4.78, 5) is 27.8. The fourth-order valence-electron chi connectivity index (χ4n) is 2.77. The highest BCUT2D eigenvalue weighted by molar-refractivity contribution is 7.94. The Bertz CT molecular complexity index is 356. The van der Waals surface area contributed by atoms with Crippen LogP contribution in [0.4, 0.5) is 3.89 Å². The molecule has 2 aliphatic heterocycles. The Hall–Kier alpha value is -0.620. The Morgan fingerprint density at radius 3 is 2.56 bits per heavy atom. The van der Waals surface area contributed by atoms with Crippen molar-refractivity contribution in [2.45, 2.75) is 31.4 Å². The van der Waals surface area contributed by atoms with Crippen LogP contribution in [0.15, 0.2) is 0 Å². The van der Waals surface area contributed by atoms with Crippen molar-refractivity contribution >= 4 is 24.0 Å². The first-order chi connectivity index (χ1) is 8.48. The van der Waals surface area contributed by atoms with E-state index in [1.54, 1.807) is 6.92 Å². The minimum Gasteiger partial charge on any atom is -0.306 e. The van der Waals surface area contributed by atoms with Gasteiger partial charge in [0.15, 0.2) is 0 Å². The van der Waals surface area contributed by atoms with E-state index in [0.29, 0.717) is 6.42 Å². The summed E-state index contributed by atoms with van der Waals surface area (Å²) in [5.74, 6) is -0.216. The molecule has 1 atom stereocenters. The molecule has 4 nitrogen and oxygen atoms in total. The van der Waals surface area contributed by atoms with Gasteiger partial charge in [0.25, 0.3) is 0 Å². The average molecular weight is 274 g/mol. The molecule has 102 valence electrons. The van der Waals surface area contributed by atoms with Crippen LogP contribution in [0.3, 0.4) is 0 Å². The van der Waals surface area contributed by atoms with Crippen molar-refractivity contribution in [2.24, 2.45) is 5.41 Å². The Labute approximate surface area is 111 Å². The number of nitrogens with zero attached hydrogens (tertiary/aromatic N) is 2. The molecule has 0 aromatic rings. The Balaban J connectivity index is 2.09. The highest BCUT2D eigenvalue weighted by Crippen LogP contribution is 2.42. The second kappa shape index (κ2) is 5.17. The van der Waals surface area contributed by atoms with Crippen LogP contribution >= 0.6 is 12.1 Å². The number of rotatable bonds is 3. The zero-order valence-corrected chi connectivity index (χ0v) is 11.6. The number of hydrogen-bond donors (Lipinski definition) is 0. The fraction of sp³-hybridized carbons (Fsp3) is 0.833. The van der Waals surface area contributed by atoms with E-state index < -0.39 is 5.41 Å². The average Bonchev–Trinajstić information content (AvgIpc) is 2.58. The summed E-state index contributed by atoms with van der Waals surface area (Å²) in [7, 11) is 2.02. The molecule has 6 heteroatoms. The van der Waals surface area contributed by atoms with E-state index in [4.69, 9.17) is 0 Å². The van der Waals surface area contributed by atoms with E-state index in [-0.39, 0.29) is 35.8 Å². The lowest BCUT2D eigenvalue weighted by molar-refractivity contribution is -0.142. The zero-order valence-electron chi connectivity index (χ0n) is 10.8. The number of likely N-dealkylation sites (tertiary alicyclic amines) is 2. The van der Waals surface area contributed by atoms with Gasteiger partial charge in [0.1, 0.15) is 0 Å². The second-order valence-corrected chi connectivity index (χ2v) is 6.45. The van der Waals surface area contributed by atoms with Crippen LogP contribution in [0, 0.1) is 5.41 Å². The van der Waals surface area contributed by atoms with E-state index in [1.165, 1.54) is 4.90 Å². The predicted octanol–water partition coefficient (Wildman–Crippen LogP) is 1.46. The van der Waals surface area contributed by atoms with Crippen molar-refractivity contribution < 1.29 is 13.5 Å². The summed E-state index contributed by atoms with van der Waals surface area (Å²) < 4.78 is 12.4. The van der Waals surface area contributed by atoms with Crippen LogP contribution in [0.25, 0.3) is 0 Å². The molecule has 0 aliphatic carbocycles. The lowest BCUT2D eigenvalue weighted by Crippen LogP contribution is -2.44. The number of piperidine rings is 1. The molecule has 0 aromatic carbocycles. The third-order valence-electron chi connectivity index (χ3n) is 4.03. The van der Waals surface area contributed by atoms with E-state index >= 15 is 0 Å². The second-order valence-electron chi connectivity index (χ2n) is 5.47. The van der Waals surface area contributed by atoms with Gasteiger partial charge in [-0.2, -0.15) is 3.89 Å². The molecule has 2 aliphatic rings. The van der Waals surface area contributed by atoms with Crippen molar-refractivity contribution in [1.82, 2.24) is 9.80 Å². The molecule has 2 fully saturated rings. The van der Waals surface area contributed by atoms with Gasteiger partial charge < -0.3 is 4.90 Å². The highest BCUT2D eigenvalue weighted by atomic mass is 32.2. The minimum atomic E-state index is -0.496. The number of amides is 2. The summed E-state index contributed by atoms with van der Waals surface area (Å²) >= 11 is 0.197. The van der Waals surface area contributed by atoms with E-state index in [1.807, 2.05) is 7.05 Å². The van der Waals surface area contributed by atoms with Gasteiger partial charge in [-0.3, -0.25) is 14.5 Å². The standard InChI is InChI=1S/C12H19FN2O2S/c1-9(18-13)8-15-10(16)7-12(11(15)17)3-5-14(2)6-4-12/h9H,3-8H2,1-2H3. The number of carbonyl (C=O) groups is 2. The van der Waals surface area contributed by atoms with E-state index in [0.717, 1.165) is 25.9 Å². The lowest BCUT2D eigenvalue weighted by Gasteiger charge is -2.35. The van der Waals surface area contributed by atoms with Crippen molar-refractivity contribution in [2.75, 3.05) is 26.7 Å². The molecule has 2 saturated heterocycles. The maximum Gasteiger partial charge on any atom is 0.236 e. The highest BCUT2D eigenvalue weighted by Gasteiger charge is 2.52. The number of imide groups is 1. The van der Waals surface area contributed by atoms with Gasteiger partial charge in [-0.1, -0.05) is 0 Å². The van der Waals surface area contributed by atoms with Crippen LogP contribution in [0.5, 0.6) is 0 Å². The van der Waals surface area contributed by atoms with Crippen molar-refractivity contribution in [3.63, 3.8) is 0 Å². The first-order valence-electron chi connectivity index (χ1n) is 6.29. The molecular weight excluding hydrogens is 255 g/mol. The minimum absolute atomic E-state index is 0.0819. The maximum atomic E-state index is 12.4. The van der Waals surface area contributed by atoms with Crippen LogP contribution in [0.2, 0.25) is 0 Å². The Morgan fingerprint density at radius 1 is 1.39 bits per heavy atom. The number of hydrogen-bond acceptors (Lipinski definition) is 4. The summed E-state index contributed by atoms with van der Waals surface area (Å²) in [5, 5.41) is -0.348. The fourth-order valence-corrected chi connectivity index (χ4v) is 2.97. The molecule has 0 bridgehead atoms. The van der Waals surface area contributed by atoms with E-state index in [2.05, 4.69) is 4.90 Å². The topological polar surface area (TPSA) is 40.6 Å². The lowest BCUT2D eigenvalue weighted by atomic mass is 9.77. The predicted molar refractivity (Wildman–Crippen MR) is 68.7 cm³/mol. The van der Waals surface area contributed by atoms with Crippen molar-refractivity contribution in [1.29, 1.82) is 0 Å². The van der Waals surface area contributed by atoms with Gasteiger partial charge in [-0.05, 0) is 39.9 Å². The monoisotopic (exact) mass is 274 g/mol. The van der Waals surface area contributed by atoms with Crippen LogP contribution < -0.4 is 0 Å². The normalized spacial score (nSPS) is 26.1. The third-order valence-corrected chi connectivity index (χ3v) is 4.48. The first kappa shape index (κ1) is 13.8. The quantitative estimate of drug-likeness (QED) is 0.731. The third kappa shape index (κ3) is 2.40. The van der Waals surface area contributed by atoms with E-state index in [9.17, 15) is 13.5 Å². The van der Waals surface area contributed by atoms with Gasteiger partial charge in [0, 0.05) is 25.1 Å². The molecule has 0 saturated carbocycles. The van der Waals surface area contributed by atoms with Gasteiger partial charge in [0.2, 0.25) is 11.8 Å². The molecule has 2 heterocycles. The molecular formula is C12H19FN2O2S. The van der Waals surface area contributed by atoms with Crippen LogP contribution in [-0.4, -0.2) is 53.5 Å². The largest absolute Gasteiger partial charge is 0.306 e. The maximum absolute atomic E-state index is 12.4. The molecule has 2 rings (SSSR count). The molecule has 0 radical (unpaired) electrons. The smallest absolute Gasteiger partial charge is 0.236 e. The van der Waals surface area contributed by atoms with Gasteiger partial charge in [-0.25, -0.2) is 0 Å². The first-order valence-corrected chi connectivity index (χ1v) is 7.07. The summed E-state index contributed by atoms with van der Waals surface area (Å²) in [6.45, 7) is 3.57. The van der Waals surface area contributed by atoms with Gasteiger partial charge in [0.05, 0.1) is 10.7 Å². The zero-order chi connectivity index (χ0) is 13.3. The molecule has 2 amide bonds. The summed E-state index contributed by atoms with van der Waals surface area (Å²) in [5.41, 5.74) is -0.496. The Kier molecular flexibility index (Phi) is 3.96. The van der Waals surface area contributed by atoms with Crippen LogP contribution in [0.1, 0.15) is 26.2 Å². The van der Waals surface area contributed by atoms with Crippen molar-refractivity contribution in [3.8, 4) is 0 Å². The summed E-state index contributed by atoms with van der Waals surface area (Å²) in [6, 6.07) is 0. The van der Waals surface area contributed by atoms with Crippen LogP contribution in [-0.2, 0) is 9.59 Å². The van der Waals surface area contributed by atoms with Gasteiger partial charge >= 0.3 is 0 Å². The molecule has 1 spiro atoms. The van der Waals surface area contributed by atoms with Gasteiger partial charge in [-0.15, -0.1) is 0 Å². The molecule has 0 aromatic heterocycles. The van der Waals surface area contributed by atoms with Crippen molar-refractivity contribution in [3.05, 3.63) is 0 Å². The number of carbonyl (C=O) groups excluding carboxylic acids is 2. The SMILES string of the molecule is CC(CN1C(=O)CC2(CCN(C)CC2)C1=O)SF.